The van der Waals surface area contributed by atoms with E-state index in [1.165, 1.54) is 12.1 Å². The second kappa shape index (κ2) is 5.78. The molecule has 0 spiro atoms. The summed E-state index contributed by atoms with van der Waals surface area (Å²) in [6.07, 6.45) is 0. The number of carboxylic acid groups (broad SMARTS) is 1. The largest absolute Gasteiger partial charge is 0.480 e. The highest BCUT2D eigenvalue weighted by Gasteiger charge is 2.11. The summed E-state index contributed by atoms with van der Waals surface area (Å²) in [5, 5.41) is 12.1. The predicted octanol–water partition coefficient (Wildman–Crippen LogP) is 0.652. The number of aromatic nitrogens is 1. The quantitative estimate of drug-likeness (QED) is 0.689. The first-order chi connectivity index (χ1) is 10.2. The van der Waals surface area contributed by atoms with Crippen LogP contribution >= 0.6 is 0 Å². The summed E-state index contributed by atoms with van der Waals surface area (Å²) in [5.74, 6) is -1.85. The molecule has 1 aromatic heterocycles. The minimum absolute atomic E-state index is 0.342. The van der Waals surface area contributed by atoms with Crippen LogP contribution in [0.2, 0.25) is 0 Å². The zero-order chi connectivity index (χ0) is 16.5. The van der Waals surface area contributed by atoms with Crippen LogP contribution in [0, 0.1) is 6.92 Å². The number of hydrogen-bond donors (Lipinski definition) is 3. The smallest absolute Gasteiger partial charge is 0.323 e. The number of aryl methyl sites for hydroxylation is 1. The van der Waals surface area contributed by atoms with E-state index in [1.807, 2.05) is 0 Å². The van der Waals surface area contributed by atoms with Gasteiger partial charge in [-0.25, -0.2) is 0 Å². The molecule has 8 nitrogen and oxygen atoms in total. The third-order valence-electron chi connectivity index (χ3n) is 3.07. The van der Waals surface area contributed by atoms with Crippen LogP contribution < -0.4 is 10.9 Å². The van der Waals surface area contributed by atoms with Crippen molar-refractivity contribution in [3.05, 3.63) is 40.2 Å². The minimum atomic E-state index is -4.19. The average molecular weight is 326 g/mol. The highest BCUT2D eigenvalue weighted by molar-refractivity contribution is 7.85. The van der Waals surface area contributed by atoms with Crippen molar-refractivity contribution in [1.82, 2.24) is 4.57 Å². The van der Waals surface area contributed by atoms with Gasteiger partial charge in [0.05, 0.1) is 5.52 Å². The zero-order valence-corrected chi connectivity index (χ0v) is 12.4. The minimum Gasteiger partial charge on any atom is -0.480 e. The first-order valence-electron chi connectivity index (χ1n) is 6.22. The van der Waals surface area contributed by atoms with Crippen LogP contribution in [-0.2, 0) is 21.5 Å². The van der Waals surface area contributed by atoms with Crippen LogP contribution in [0.1, 0.15) is 5.56 Å². The molecule has 1 heterocycles. The molecule has 0 bridgehead atoms. The summed E-state index contributed by atoms with van der Waals surface area (Å²) in [6.45, 7) is 1.22. The Morgan fingerprint density at radius 2 is 2.00 bits per heavy atom. The van der Waals surface area contributed by atoms with Crippen LogP contribution in [-0.4, -0.2) is 34.5 Å². The van der Waals surface area contributed by atoms with Crippen molar-refractivity contribution in [3.8, 4) is 0 Å². The van der Waals surface area contributed by atoms with E-state index in [9.17, 15) is 18.0 Å². The standard InChI is InChI=1S/C13H14N2O6S/c1-8-4-12(16)15(6-13(17)18)11-5-9(2-3-10(8)11)14-7-22(19,20)21/h2-5,14H,6-7H2,1H3,(H,17,18)(H,19,20,21). The lowest BCUT2D eigenvalue weighted by atomic mass is 10.1. The number of rotatable bonds is 5. The van der Waals surface area contributed by atoms with Crippen molar-refractivity contribution in [3.63, 3.8) is 0 Å². The Morgan fingerprint density at radius 1 is 1.32 bits per heavy atom. The first kappa shape index (κ1) is 16.0. The van der Waals surface area contributed by atoms with Crippen LogP contribution in [0.3, 0.4) is 0 Å². The van der Waals surface area contributed by atoms with Crippen molar-refractivity contribution < 1.29 is 22.9 Å². The third-order valence-corrected chi connectivity index (χ3v) is 3.58. The molecule has 9 heteroatoms. The van der Waals surface area contributed by atoms with Crippen molar-refractivity contribution in [2.75, 3.05) is 11.2 Å². The number of hydrogen-bond acceptors (Lipinski definition) is 5. The summed E-state index contributed by atoms with van der Waals surface area (Å²) < 4.78 is 31.3. The summed E-state index contributed by atoms with van der Waals surface area (Å²) in [7, 11) is -4.19. The normalized spacial score (nSPS) is 11.5. The molecule has 0 unspecified atom stereocenters. The number of anilines is 1. The Kier molecular flexibility index (Phi) is 4.20. The molecule has 0 aliphatic heterocycles. The zero-order valence-electron chi connectivity index (χ0n) is 11.6. The molecule has 22 heavy (non-hydrogen) atoms. The monoisotopic (exact) mass is 326 g/mol. The maximum absolute atomic E-state index is 12.0. The van der Waals surface area contributed by atoms with E-state index in [1.54, 1.807) is 19.1 Å². The number of pyridine rings is 1. The molecule has 118 valence electrons. The van der Waals surface area contributed by atoms with E-state index in [-0.39, 0.29) is 0 Å². The van der Waals surface area contributed by atoms with Crippen molar-refractivity contribution >= 4 is 32.7 Å². The second-order valence-corrected chi connectivity index (χ2v) is 6.23. The highest BCUT2D eigenvalue weighted by atomic mass is 32.2. The Morgan fingerprint density at radius 3 is 2.59 bits per heavy atom. The van der Waals surface area contributed by atoms with E-state index >= 15 is 0 Å². The van der Waals surface area contributed by atoms with Gasteiger partial charge in [-0.15, -0.1) is 0 Å². The Labute approximate surface area is 125 Å². The number of nitrogens with one attached hydrogen (secondary N) is 1. The van der Waals surface area contributed by atoms with Gasteiger partial charge in [0.25, 0.3) is 15.7 Å². The van der Waals surface area contributed by atoms with Gasteiger partial charge in [0.2, 0.25) is 0 Å². The molecule has 0 amide bonds. The maximum atomic E-state index is 12.0. The van der Waals surface area contributed by atoms with Gasteiger partial charge in [-0.3, -0.25) is 18.7 Å². The summed E-state index contributed by atoms with van der Waals surface area (Å²) in [4.78, 5) is 22.9. The topological polar surface area (TPSA) is 126 Å². The van der Waals surface area contributed by atoms with Gasteiger partial charge in [-0.2, -0.15) is 8.42 Å². The van der Waals surface area contributed by atoms with Gasteiger partial charge < -0.3 is 10.4 Å². The molecule has 2 rings (SSSR count). The fraction of sp³-hybridized carbons (Fsp3) is 0.231. The molecule has 0 atom stereocenters. The van der Waals surface area contributed by atoms with E-state index in [2.05, 4.69) is 5.32 Å². The number of carbonyl (C=O) groups is 1. The van der Waals surface area contributed by atoms with Crippen molar-refractivity contribution in [2.24, 2.45) is 0 Å². The number of aliphatic carboxylic acids is 1. The molecule has 3 N–H and O–H groups in total. The third kappa shape index (κ3) is 3.62. The molecule has 0 radical (unpaired) electrons. The number of fused-ring (bicyclic) bond motifs is 1. The molecule has 0 fully saturated rings. The van der Waals surface area contributed by atoms with Crippen molar-refractivity contribution in [2.45, 2.75) is 13.5 Å². The lowest BCUT2D eigenvalue weighted by Gasteiger charge is -2.12. The number of benzene rings is 1. The molecular formula is C13H14N2O6S. The maximum Gasteiger partial charge on any atom is 0.323 e. The van der Waals surface area contributed by atoms with Gasteiger partial charge in [-0.05, 0) is 24.6 Å². The predicted molar refractivity (Wildman–Crippen MR) is 80.6 cm³/mol. The van der Waals surface area contributed by atoms with E-state index < -0.39 is 34.1 Å². The van der Waals surface area contributed by atoms with E-state index in [4.69, 9.17) is 9.66 Å². The van der Waals surface area contributed by atoms with Gasteiger partial charge in [0.15, 0.2) is 0 Å². The highest BCUT2D eigenvalue weighted by Crippen LogP contribution is 2.21. The molecule has 0 aliphatic carbocycles. The average Bonchev–Trinajstić information content (AvgIpc) is 2.40. The summed E-state index contributed by atoms with van der Waals surface area (Å²) in [6, 6.07) is 6.04. The van der Waals surface area contributed by atoms with Gasteiger partial charge >= 0.3 is 5.97 Å². The van der Waals surface area contributed by atoms with E-state index in [0.29, 0.717) is 22.2 Å². The lowest BCUT2D eigenvalue weighted by molar-refractivity contribution is -0.137. The summed E-state index contributed by atoms with van der Waals surface area (Å²) in [5.41, 5.74) is 0.935. The Hall–Kier alpha value is -2.39. The van der Waals surface area contributed by atoms with Gasteiger partial charge in [0, 0.05) is 17.1 Å². The van der Waals surface area contributed by atoms with Crippen LogP contribution in [0.25, 0.3) is 10.9 Å². The van der Waals surface area contributed by atoms with Crippen LogP contribution in [0.4, 0.5) is 5.69 Å². The molecule has 0 saturated carbocycles. The lowest BCUT2D eigenvalue weighted by Crippen LogP contribution is -2.24. The summed E-state index contributed by atoms with van der Waals surface area (Å²) >= 11 is 0. The van der Waals surface area contributed by atoms with E-state index in [0.717, 1.165) is 4.57 Å². The van der Waals surface area contributed by atoms with Crippen LogP contribution in [0.5, 0.6) is 0 Å². The van der Waals surface area contributed by atoms with Crippen molar-refractivity contribution in [1.29, 1.82) is 0 Å². The first-order valence-corrected chi connectivity index (χ1v) is 7.83. The fourth-order valence-corrected chi connectivity index (χ4v) is 2.48. The van der Waals surface area contributed by atoms with Gasteiger partial charge in [-0.1, -0.05) is 6.07 Å². The van der Waals surface area contributed by atoms with Crippen LogP contribution in [0.15, 0.2) is 29.1 Å². The Balaban J connectivity index is 2.57. The number of nitrogens with zero attached hydrogens (tertiary/aromatic N) is 1. The molecule has 1 aromatic carbocycles. The fourth-order valence-electron chi connectivity index (χ4n) is 2.13. The number of carboxylic acids is 1. The second-order valence-electron chi connectivity index (χ2n) is 4.78. The Bertz CT molecular complexity index is 901. The molecule has 0 aliphatic rings. The van der Waals surface area contributed by atoms with Gasteiger partial charge in [0.1, 0.15) is 12.4 Å². The molecular weight excluding hydrogens is 312 g/mol. The molecule has 2 aromatic rings. The SMILES string of the molecule is Cc1cc(=O)n(CC(=O)O)c2cc(NCS(=O)(=O)O)ccc12. The molecule has 0 saturated heterocycles.